The zero-order chi connectivity index (χ0) is 10.4. The molecule has 0 saturated heterocycles. The fourth-order valence-corrected chi connectivity index (χ4v) is 1.26. The molecule has 0 heterocycles. The lowest BCUT2D eigenvalue weighted by atomic mass is 10.2. The monoisotopic (exact) mass is 209 g/mol. The van der Waals surface area contributed by atoms with Crippen LogP contribution in [0.1, 0.15) is 5.56 Å². The molecular formula is C11H12ClNO. The van der Waals surface area contributed by atoms with Crippen molar-refractivity contribution in [2.24, 2.45) is 0 Å². The van der Waals surface area contributed by atoms with Crippen LogP contribution in [0.15, 0.2) is 43.1 Å². The Hall–Kier alpha value is -1.28. The summed E-state index contributed by atoms with van der Waals surface area (Å²) in [5, 5.41) is 0. The van der Waals surface area contributed by atoms with E-state index in [-0.39, 0.29) is 11.8 Å². The Kier molecular flexibility index (Phi) is 4.20. The molecule has 0 aliphatic carbocycles. The van der Waals surface area contributed by atoms with Gasteiger partial charge in [-0.15, -0.1) is 11.6 Å². The summed E-state index contributed by atoms with van der Waals surface area (Å²) >= 11 is 5.45. The highest BCUT2D eigenvalue weighted by Crippen LogP contribution is 2.05. The number of nitrogens with zero attached hydrogens (tertiary/aromatic N) is 1. The van der Waals surface area contributed by atoms with E-state index in [1.54, 1.807) is 0 Å². The van der Waals surface area contributed by atoms with Crippen LogP contribution in [0, 0.1) is 0 Å². The highest BCUT2D eigenvalue weighted by atomic mass is 35.5. The van der Waals surface area contributed by atoms with E-state index in [9.17, 15) is 4.79 Å². The second-order valence-corrected chi connectivity index (χ2v) is 3.09. The minimum atomic E-state index is -0.134. The van der Waals surface area contributed by atoms with Crippen LogP contribution in [0.2, 0.25) is 0 Å². The third kappa shape index (κ3) is 2.89. The summed E-state index contributed by atoms with van der Waals surface area (Å²) < 4.78 is 0. The van der Waals surface area contributed by atoms with Crippen LogP contribution in [0.3, 0.4) is 0 Å². The number of hydrogen-bond donors (Lipinski definition) is 0. The molecule has 0 atom stereocenters. The number of hydrogen-bond acceptors (Lipinski definition) is 1. The number of amides is 1. The summed E-state index contributed by atoms with van der Waals surface area (Å²) in [5.74, 6) is -0.149. The quantitative estimate of drug-likeness (QED) is 0.698. The second kappa shape index (κ2) is 5.45. The van der Waals surface area contributed by atoms with Crippen molar-refractivity contribution in [3.05, 3.63) is 48.7 Å². The minimum Gasteiger partial charge on any atom is -0.314 e. The maximum absolute atomic E-state index is 11.3. The van der Waals surface area contributed by atoms with E-state index in [1.807, 2.05) is 30.3 Å². The first-order chi connectivity index (χ1) is 6.77. The molecule has 0 aliphatic rings. The summed E-state index contributed by atoms with van der Waals surface area (Å²) in [6.07, 6.45) is 1.50. The maximum Gasteiger partial charge on any atom is 0.241 e. The van der Waals surface area contributed by atoms with Gasteiger partial charge in [0.2, 0.25) is 5.91 Å². The molecule has 0 N–H and O–H groups in total. The summed E-state index contributed by atoms with van der Waals surface area (Å²) in [6, 6.07) is 9.71. The van der Waals surface area contributed by atoms with Gasteiger partial charge in [-0.2, -0.15) is 0 Å². The number of alkyl halides is 1. The molecule has 0 bridgehead atoms. The number of carbonyl (C=O) groups excluding carboxylic acids is 1. The van der Waals surface area contributed by atoms with Gasteiger partial charge in [-0.3, -0.25) is 4.79 Å². The molecule has 1 aromatic carbocycles. The molecule has 14 heavy (non-hydrogen) atoms. The molecule has 2 nitrogen and oxygen atoms in total. The van der Waals surface area contributed by atoms with Crippen molar-refractivity contribution < 1.29 is 4.79 Å². The molecule has 0 radical (unpaired) electrons. The van der Waals surface area contributed by atoms with Gasteiger partial charge in [0.05, 0.1) is 6.54 Å². The van der Waals surface area contributed by atoms with Gasteiger partial charge < -0.3 is 4.90 Å². The molecule has 0 unspecified atom stereocenters. The van der Waals surface area contributed by atoms with Crippen LogP contribution in [-0.2, 0) is 11.3 Å². The second-order valence-electron chi connectivity index (χ2n) is 2.82. The minimum absolute atomic E-state index is 0.0150. The average molecular weight is 210 g/mol. The Morgan fingerprint density at radius 3 is 2.57 bits per heavy atom. The summed E-state index contributed by atoms with van der Waals surface area (Å²) in [7, 11) is 0. The van der Waals surface area contributed by atoms with Crippen LogP contribution in [0.4, 0.5) is 0 Å². The van der Waals surface area contributed by atoms with Crippen molar-refractivity contribution in [3.8, 4) is 0 Å². The van der Waals surface area contributed by atoms with Crippen molar-refractivity contribution >= 4 is 17.5 Å². The lowest BCUT2D eigenvalue weighted by Gasteiger charge is -2.16. The zero-order valence-electron chi connectivity index (χ0n) is 7.82. The van der Waals surface area contributed by atoms with Crippen LogP contribution in [0.25, 0.3) is 0 Å². The predicted molar refractivity (Wildman–Crippen MR) is 57.9 cm³/mol. The first kappa shape index (κ1) is 10.8. The molecule has 3 heteroatoms. The fourth-order valence-electron chi connectivity index (χ4n) is 1.11. The van der Waals surface area contributed by atoms with Gasteiger partial charge in [-0.05, 0) is 11.8 Å². The van der Waals surface area contributed by atoms with Gasteiger partial charge in [0, 0.05) is 0 Å². The first-order valence-corrected chi connectivity index (χ1v) is 4.83. The molecule has 0 fully saturated rings. The summed E-state index contributed by atoms with van der Waals surface area (Å²) in [4.78, 5) is 12.8. The van der Waals surface area contributed by atoms with Crippen LogP contribution >= 0.6 is 11.6 Å². The van der Waals surface area contributed by atoms with E-state index in [0.29, 0.717) is 6.54 Å². The molecule has 0 aliphatic heterocycles. The number of halogens is 1. The van der Waals surface area contributed by atoms with E-state index < -0.39 is 0 Å². The van der Waals surface area contributed by atoms with Crippen molar-refractivity contribution in [1.29, 1.82) is 0 Å². The molecule has 74 valence electrons. The van der Waals surface area contributed by atoms with E-state index >= 15 is 0 Å². The highest BCUT2D eigenvalue weighted by molar-refractivity contribution is 6.27. The van der Waals surface area contributed by atoms with Gasteiger partial charge >= 0.3 is 0 Å². The van der Waals surface area contributed by atoms with Crippen molar-refractivity contribution in [1.82, 2.24) is 4.90 Å². The van der Waals surface area contributed by atoms with Gasteiger partial charge in [0.15, 0.2) is 0 Å². The van der Waals surface area contributed by atoms with E-state index in [2.05, 4.69) is 6.58 Å². The third-order valence-corrected chi connectivity index (χ3v) is 2.08. The Morgan fingerprint density at radius 2 is 2.07 bits per heavy atom. The molecule has 0 saturated carbocycles. The largest absolute Gasteiger partial charge is 0.314 e. The normalized spacial score (nSPS) is 9.50. The Bertz CT molecular complexity index is 310. The Morgan fingerprint density at radius 1 is 1.43 bits per heavy atom. The lowest BCUT2D eigenvalue weighted by molar-refractivity contribution is -0.126. The number of rotatable bonds is 4. The fraction of sp³-hybridized carbons (Fsp3) is 0.182. The first-order valence-electron chi connectivity index (χ1n) is 4.30. The molecule has 1 rings (SSSR count). The molecule has 0 aromatic heterocycles. The lowest BCUT2D eigenvalue weighted by Crippen LogP contribution is -2.25. The molecular weight excluding hydrogens is 198 g/mol. The van der Waals surface area contributed by atoms with Gasteiger partial charge in [0.25, 0.3) is 0 Å². The van der Waals surface area contributed by atoms with E-state index in [0.717, 1.165) is 5.56 Å². The topological polar surface area (TPSA) is 20.3 Å². The Balaban J connectivity index is 2.66. The predicted octanol–water partition coefficient (Wildman–Crippen LogP) is 2.40. The zero-order valence-corrected chi connectivity index (χ0v) is 8.57. The van der Waals surface area contributed by atoms with Crippen LogP contribution in [0.5, 0.6) is 0 Å². The van der Waals surface area contributed by atoms with Crippen LogP contribution < -0.4 is 0 Å². The van der Waals surface area contributed by atoms with Gasteiger partial charge in [-0.1, -0.05) is 36.9 Å². The Labute approximate surface area is 88.8 Å². The van der Waals surface area contributed by atoms with E-state index in [4.69, 9.17) is 11.6 Å². The highest BCUT2D eigenvalue weighted by Gasteiger charge is 2.08. The number of carbonyl (C=O) groups is 1. The van der Waals surface area contributed by atoms with E-state index in [1.165, 1.54) is 11.1 Å². The number of benzene rings is 1. The van der Waals surface area contributed by atoms with Crippen molar-refractivity contribution in [3.63, 3.8) is 0 Å². The van der Waals surface area contributed by atoms with Gasteiger partial charge in [0.1, 0.15) is 5.88 Å². The molecule has 0 spiro atoms. The smallest absolute Gasteiger partial charge is 0.241 e. The average Bonchev–Trinajstić information content (AvgIpc) is 2.26. The SMILES string of the molecule is C=CN(Cc1ccccc1)C(=O)CCl. The molecule has 1 aromatic rings. The third-order valence-electron chi connectivity index (χ3n) is 1.85. The van der Waals surface area contributed by atoms with Crippen molar-refractivity contribution in [2.75, 3.05) is 5.88 Å². The molecule has 1 amide bonds. The maximum atomic E-state index is 11.3. The van der Waals surface area contributed by atoms with Crippen molar-refractivity contribution in [2.45, 2.75) is 6.54 Å². The summed E-state index contributed by atoms with van der Waals surface area (Å²) in [5.41, 5.74) is 1.06. The standard InChI is InChI=1S/C11H12ClNO/c1-2-13(11(14)8-12)9-10-6-4-3-5-7-10/h2-7H,1,8-9H2. The van der Waals surface area contributed by atoms with Gasteiger partial charge in [-0.25, -0.2) is 0 Å². The summed E-state index contributed by atoms with van der Waals surface area (Å²) in [6.45, 7) is 4.10. The van der Waals surface area contributed by atoms with Crippen LogP contribution in [-0.4, -0.2) is 16.7 Å².